The number of ether oxygens (including phenoxy) is 2. The third-order valence-corrected chi connectivity index (χ3v) is 3.46. The number of nitrogens with two attached hydrogens (primary N) is 1. The first kappa shape index (κ1) is 14.9. The van der Waals surface area contributed by atoms with E-state index in [-0.39, 0.29) is 0 Å². The number of benzene rings is 1. The van der Waals surface area contributed by atoms with Crippen LogP contribution in [0.4, 0.5) is 0 Å². The van der Waals surface area contributed by atoms with E-state index in [1.54, 1.807) is 0 Å². The molecule has 2 rings (SSSR count). The largest absolute Gasteiger partial charge is 0.493 e. The Bertz CT molecular complexity index is 481. The topological polar surface area (TPSA) is 44.5 Å². The van der Waals surface area contributed by atoms with Crippen molar-refractivity contribution >= 4 is 0 Å². The molecule has 0 saturated carbocycles. The fourth-order valence-corrected chi connectivity index (χ4v) is 2.41. The summed E-state index contributed by atoms with van der Waals surface area (Å²) in [4.78, 5) is 0. The maximum atomic E-state index is 5.83. The van der Waals surface area contributed by atoms with Crippen molar-refractivity contribution in [2.45, 2.75) is 38.7 Å². The van der Waals surface area contributed by atoms with Crippen LogP contribution >= 0.6 is 0 Å². The normalized spacial score (nSPS) is 17.6. The van der Waals surface area contributed by atoms with Crippen molar-refractivity contribution in [1.82, 2.24) is 0 Å². The smallest absolute Gasteiger partial charge is 0.122 e. The van der Waals surface area contributed by atoms with Crippen molar-refractivity contribution in [2.24, 2.45) is 5.73 Å². The molecular weight excluding hydrogens is 250 g/mol. The molecule has 2 N–H and O–H groups in total. The average Bonchev–Trinajstić information content (AvgIpc) is 2.96. The molecule has 0 amide bonds. The van der Waals surface area contributed by atoms with Crippen molar-refractivity contribution in [1.29, 1.82) is 0 Å². The summed E-state index contributed by atoms with van der Waals surface area (Å²) in [7, 11) is 0. The number of aryl methyl sites for hydroxylation is 1. The molecule has 1 unspecified atom stereocenters. The highest BCUT2D eigenvalue weighted by Crippen LogP contribution is 2.20. The van der Waals surface area contributed by atoms with Gasteiger partial charge in [-0.15, -0.1) is 0 Å². The van der Waals surface area contributed by atoms with Crippen LogP contribution in [0.1, 0.15) is 36.8 Å². The van der Waals surface area contributed by atoms with Gasteiger partial charge in [-0.1, -0.05) is 11.8 Å². The maximum absolute atomic E-state index is 5.83. The predicted molar refractivity (Wildman–Crippen MR) is 80.8 cm³/mol. The molecule has 1 fully saturated rings. The van der Waals surface area contributed by atoms with E-state index in [0.29, 0.717) is 12.6 Å². The Morgan fingerprint density at radius 2 is 2.35 bits per heavy atom. The molecule has 0 radical (unpaired) electrons. The summed E-state index contributed by atoms with van der Waals surface area (Å²) in [5.41, 5.74) is 7.47. The molecule has 1 saturated heterocycles. The zero-order chi connectivity index (χ0) is 14.2. The summed E-state index contributed by atoms with van der Waals surface area (Å²) in [6.45, 7) is 4.11. The molecule has 20 heavy (non-hydrogen) atoms. The quantitative estimate of drug-likeness (QED) is 0.662. The Labute approximate surface area is 121 Å². The van der Waals surface area contributed by atoms with Crippen LogP contribution in [0.2, 0.25) is 0 Å². The summed E-state index contributed by atoms with van der Waals surface area (Å²) >= 11 is 0. The standard InChI is InChI=1S/C17H23NO2/c1-14-13-15(5-2-10-18)8-9-17(14)20-12-4-7-16-6-3-11-19-16/h8-9,13,16H,3-4,6-7,10-12,18H2,1H3. The van der Waals surface area contributed by atoms with Crippen LogP contribution in [-0.2, 0) is 4.74 Å². The molecule has 0 bridgehead atoms. The van der Waals surface area contributed by atoms with Crippen molar-refractivity contribution in [3.8, 4) is 17.6 Å². The van der Waals surface area contributed by atoms with Crippen LogP contribution in [0, 0.1) is 18.8 Å². The first-order chi connectivity index (χ1) is 9.79. The van der Waals surface area contributed by atoms with E-state index in [1.807, 2.05) is 25.1 Å². The number of hydrogen-bond donors (Lipinski definition) is 1. The minimum Gasteiger partial charge on any atom is -0.493 e. The molecule has 1 heterocycles. The molecule has 108 valence electrons. The fourth-order valence-electron chi connectivity index (χ4n) is 2.41. The minimum absolute atomic E-state index is 0.389. The van der Waals surface area contributed by atoms with Crippen LogP contribution in [0.3, 0.4) is 0 Å². The molecule has 1 aromatic carbocycles. The summed E-state index contributed by atoms with van der Waals surface area (Å²) in [5, 5.41) is 0. The summed E-state index contributed by atoms with van der Waals surface area (Å²) in [6, 6.07) is 6.01. The Hall–Kier alpha value is -1.50. The maximum Gasteiger partial charge on any atom is 0.122 e. The van der Waals surface area contributed by atoms with Crippen molar-refractivity contribution in [3.63, 3.8) is 0 Å². The lowest BCUT2D eigenvalue weighted by molar-refractivity contribution is 0.0981. The zero-order valence-electron chi connectivity index (χ0n) is 12.2. The van der Waals surface area contributed by atoms with Gasteiger partial charge in [0.15, 0.2) is 0 Å². The number of rotatable bonds is 5. The predicted octanol–water partition coefficient (Wildman–Crippen LogP) is 2.64. The van der Waals surface area contributed by atoms with Crippen LogP contribution < -0.4 is 10.5 Å². The van der Waals surface area contributed by atoms with Gasteiger partial charge in [-0.3, -0.25) is 0 Å². The van der Waals surface area contributed by atoms with Crippen molar-refractivity contribution in [2.75, 3.05) is 19.8 Å². The third-order valence-electron chi connectivity index (χ3n) is 3.46. The molecule has 0 aromatic heterocycles. The Morgan fingerprint density at radius 1 is 1.45 bits per heavy atom. The van der Waals surface area contributed by atoms with E-state index in [0.717, 1.165) is 42.9 Å². The van der Waals surface area contributed by atoms with E-state index >= 15 is 0 Å². The van der Waals surface area contributed by atoms with E-state index in [1.165, 1.54) is 12.8 Å². The lowest BCUT2D eigenvalue weighted by Crippen LogP contribution is -2.08. The molecule has 1 aliphatic rings. The van der Waals surface area contributed by atoms with Gasteiger partial charge in [0.1, 0.15) is 5.75 Å². The van der Waals surface area contributed by atoms with Gasteiger partial charge in [0, 0.05) is 12.2 Å². The van der Waals surface area contributed by atoms with Gasteiger partial charge in [0.2, 0.25) is 0 Å². The summed E-state index contributed by atoms with van der Waals surface area (Å²) in [6.07, 6.45) is 5.00. The SMILES string of the molecule is Cc1cc(C#CCN)ccc1OCCCC1CCCO1. The fraction of sp³-hybridized carbons (Fsp3) is 0.529. The first-order valence-electron chi connectivity index (χ1n) is 7.33. The van der Waals surface area contributed by atoms with E-state index in [4.69, 9.17) is 15.2 Å². The Kier molecular flexibility index (Phi) is 5.91. The highest BCUT2D eigenvalue weighted by atomic mass is 16.5. The molecular formula is C17H23NO2. The molecule has 1 aliphatic heterocycles. The van der Waals surface area contributed by atoms with Gasteiger partial charge in [-0.25, -0.2) is 0 Å². The van der Waals surface area contributed by atoms with E-state index < -0.39 is 0 Å². The Balaban J connectivity index is 1.77. The van der Waals surface area contributed by atoms with Gasteiger partial charge >= 0.3 is 0 Å². The highest BCUT2D eigenvalue weighted by Gasteiger charge is 2.14. The second-order valence-electron chi connectivity index (χ2n) is 5.11. The number of hydrogen-bond acceptors (Lipinski definition) is 3. The molecule has 1 aromatic rings. The Morgan fingerprint density at radius 3 is 3.05 bits per heavy atom. The van der Waals surface area contributed by atoms with Gasteiger partial charge in [0.05, 0.1) is 19.3 Å². The highest BCUT2D eigenvalue weighted by molar-refractivity contribution is 5.43. The second-order valence-corrected chi connectivity index (χ2v) is 5.11. The van der Waals surface area contributed by atoms with Gasteiger partial charge in [-0.05, 0) is 56.4 Å². The van der Waals surface area contributed by atoms with Gasteiger partial charge in [0.25, 0.3) is 0 Å². The van der Waals surface area contributed by atoms with Crippen LogP contribution in [-0.4, -0.2) is 25.9 Å². The molecule has 1 atom stereocenters. The van der Waals surface area contributed by atoms with E-state index in [9.17, 15) is 0 Å². The van der Waals surface area contributed by atoms with Gasteiger partial charge < -0.3 is 15.2 Å². The summed E-state index contributed by atoms with van der Waals surface area (Å²) < 4.78 is 11.4. The first-order valence-corrected chi connectivity index (χ1v) is 7.33. The summed E-state index contributed by atoms with van der Waals surface area (Å²) in [5.74, 6) is 6.83. The average molecular weight is 273 g/mol. The minimum atomic E-state index is 0.389. The van der Waals surface area contributed by atoms with Crippen molar-refractivity contribution < 1.29 is 9.47 Å². The van der Waals surface area contributed by atoms with Crippen LogP contribution in [0.5, 0.6) is 5.75 Å². The molecule has 3 nitrogen and oxygen atoms in total. The lowest BCUT2D eigenvalue weighted by Gasteiger charge is -2.11. The lowest BCUT2D eigenvalue weighted by atomic mass is 10.1. The van der Waals surface area contributed by atoms with Crippen LogP contribution in [0.15, 0.2) is 18.2 Å². The van der Waals surface area contributed by atoms with Gasteiger partial charge in [-0.2, -0.15) is 0 Å². The molecule has 0 spiro atoms. The van der Waals surface area contributed by atoms with Crippen molar-refractivity contribution in [3.05, 3.63) is 29.3 Å². The zero-order valence-corrected chi connectivity index (χ0v) is 12.2. The van der Waals surface area contributed by atoms with E-state index in [2.05, 4.69) is 11.8 Å². The monoisotopic (exact) mass is 273 g/mol. The van der Waals surface area contributed by atoms with Crippen LogP contribution in [0.25, 0.3) is 0 Å². The molecule has 0 aliphatic carbocycles. The second kappa shape index (κ2) is 7.94. The third kappa shape index (κ3) is 4.56. The molecule has 3 heteroatoms.